The van der Waals surface area contributed by atoms with Crippen LogP contribution in [-0.2, 0) is 13.0 Å². The van der Waals surface area contributed by atoms with Crippen LogP contribution >= 0.6 is 0 Å². The number of hydrogen-bond donors (Lipinski definition) is 1. The van der Waals surface area contributed by atoms with Crippen molar-refractivity contribution in [3.63, 3.8) is 0 Å². The zero-order chi connectivity index (χ0) is 25.0. The Balaban J connectivity index is 1.54. The van der Waals surface area contributed by atoms with E-state index in [1.807, 2.05) is 55.5 Å². The predicted octanol–water partition coefficient (Wildman–Crippen LogP) is 6.26. The van der Waals surface area contributed by atoms with Crippen LogP contribution in [0, 0.1) is 12.3 Å². The molecule has 1 aromatic heterocycles. The highest BCUT2D eigenvalue weighted by atomic mass is 16.1. The van der Waals surface area contributed by atoms with E-state index in [2.05, 4.69) is 66.0 Å². The first-order valence-corrected chi connectivity index (χ1v) is 12.4. The summed E-state index contributed by atoms with van der Waals surface area (Å²) in [6.45, 7) is 2.65. The average molecular weight is 472 g/mol. The molecule has 4 aromatic carbocycles. The van der Waals surface area contributed by atoms with Crippen LogP contribution in [0.15, 0.2) is 91.0 Å². The summed E-state index contributed by atoms with van der Waals surface area (Å²) in [6.07, 6.45) is 0.749. The number of benzene rings is 4. The lowest BCUT2D eigenvalue weighted by Crippen LogP contribution is -2.57. The number of rotatable bonds is 5. The van der Waals surface area contributed by atoms with Crippen molar-refractivity contribution in [2.24, 2.45) is 0 Å². The van der Waals surface area contributed by atoms with Gasteiger partial charge in [0, 0.05) is 39.5 Å². The van der Waals surface area contributed by atoms with Gasteiger partial charge >= 0.3 is 0 Å². The number of carbonyl (C=O) groups excluding carboxylic acids is 1. The Morgan fingerprint density at radius 3 is 2.42 bits per heavy atom. The van der Waals surface area contributed by atoms with Gasteiger partial charge in [0.2, 0.25) is 0 Å². The molecule has 1 unspecified atom stereocenters. The lowest BCUT2D eigenvalue weighted by Gasteiger charge is -2.44. The normalized spacial score (nSPS) is 17.3. The largest absolute Gasteiger partial charge is 0.338 e. The lowest BCUT2D eigenvalue weighted by molar-refractivity contribution is 0.103. The van der Waals surface area contributed by atoms with Gasteiger partial charge in [0.05, 0.1) is 16.8 Å². The van der Waals surface area contributed by atoms with Crippen molar-refractivity contribution in [2.45, 2.75) is 25.4 Å². The number of aryl methyl sites for hydroxylation is 1. The summed E-state index contributed by atoms with van der Waals surface area (Å²) in [4.78, 5) is 15.6. The van der Waals surface area contributed by atoms with Gasteiger partial charge in [0.1, 0.15) is 0 Å². The maximum absolute atomic E-state index is 13.4. The van der Waals surface area contributed by atoms with Gasteiger partial charge in [-0.25, -0.2) is 0 Å². The van der Waals surface area contributed by atoms with Crippen molar-refractivity contribution in [1.29, 1.82) is 5.41 Å². The molecule has 0 amide bonds. The summed E-state index contributed by atoms with van der Waals surface area (Å²) >= 11 is 0. The topological polar surface area (TPSA) is 49.1 Å². The predicted molar refractivity (Wildman–Crippen MR) is 147 cm³/mol. The van der Waals surface area contributed by atoms with Crippen molar-refractivity contribution in [1.82, 2.24) is 9.47 Å². The zero-order valence-corrected chi connectivity index (χ0v) is 20.9. The third-order valence-corrected chi connectivity index (χ3v) is 7.89. The van der Waals surface area contributed by atoms with E-state index in [-0.39, 0.29) is 5.78 Å². The summed E-state index contributed by atoms with van der Waals surface area (Å²) in [5.74, 6) is 0.0429. The molecule has 2 heterocycles. The van der Waals surface area contributed by atoms with Crippen molar-refractivity contribution >= 4 is 33.3 Å². The van der Waals surface area contributed by atoms with E-state index in [1.165, 1.54) is 5.56 Å². The van der Waals surface area contributed by atoms with Crippen LogP contribution in [0.1, 0.15) is 32.6 Å². The van der Waals surface area contributed by atoms with Crippen molar-refractivity contribution in [3.8, 4) is 0 Å². The van der Waals surface area contributed by atoms with Gasteiger partial charge in [-0.2, -0.15) is 0 Å². The molecule has 178 valence electrons. The van der Waals surface area contributed by atoms with Gasteiger partial charge in [0.25, 0.3) is 0 Å². The molecule has 0 saturated heterocycles. The summed E-state index contributed by atoms with van der Waals surface area (Å²) in [6, 6.07) is 30.5. The summed E-state index contributed by atoms with van der Waals surface area (Å²) < 4.78 is 2.36. The number of nitrogens with zero attached hydrogens (tertiary/aromatic N) is 2. The number of hydrogen-bond acceptors (Lipinski definition) is 3. The van der Waals surface area contributed by atoms with Crippen LogP contribution in [-0.4, -0.2) is 40.6 Å². The summed E-state index contributed by atoms with van der Waals surface area (Å²) in [5.41, 5.74) is 6.95. The Kier molecular flexibility index (Phi) is 5.16. The van der Waals surface area contributed by atoms with E-state index in [0.717, 1.165) is 44.9 Å². The van der Waals surface area contributed by atoms with Crippen LogP contribution in [0.5, 0.6) is 0 Å². The smallest absolute Gasteiger partial charge is 0.193 e. The van der Waals surface area contributed by atoms with E-state index >= 15 is 0 Å². The number of ketones is 1. The number of nitrogens with one attached hydrogen (secondary N) is 1. The monoisotopic (exact) mass is 471 g/mol. The van der Waals surface area contributed by atoms with Crippen LogP contribution in [0.25, 0.3) is 21.8 Å². The molecule has 6 rings (SSSR count). The molecule has 36 heavy (non-hydrogen) atoms. The van der Waals surface area contributed by atoms with Crippen molar-refractivity contribution < 1.29 is 4.79 Å². The molecule has 0 spiro atoms. The molecule has 1 aliphatic heterocycles. The molecule has 1 N–H and O–H groups in total. The highest BCUT2D eigenvalue weighted by Gasteiger charge is 2.43. The third-order valence-electron chi connectivity index (χ3n) is 7.89. The van der Waals surface area contributed by atoms with Crippen LogP contribution in [0.3, 0.4) is 0 Å². The first-order valence-electron chi connectivity index (χ1n) is 12.4. The van der Waals surface area contributed by atoms with Crippen LogP contribution in [0.2, 0.25) is 0 Å². The Bertz CT molecular complexity index is 1660. The zero-order valence-electron chi connectivity index (χ0n) is 20.9. The Morgan fingerprint density at radius 2 is 1.67 bits per heavy atom. The van der Waals surface area contributed by atoms with Gasteiger partial charge in [-0.1, -0.05) is 72.8 Å². The first kappa shape index (κ1) is 22.4. The number of fused-ring (bicyclic) bond motifs is 3. The number of aromatic nitrogens is 1. The molecule has 5 aromatic rings. The van der Waals surface area contributed by atoms with Crippen LogP contribution in [0.4, 0.5) is 0 Å². The maximum Gasteiger partial charge on any atom is 0.193 e. The first-order chi connectivity index (χ1) is 17.4. The molecule has 0 bridgehead atoms. The van der Waals surface area contributed by atoms with Crippen molar-refractivity contribution in [3.05, 3.63) is 119 Å². The Morgan fingerprint density at radius 1 is 0.917 bits per heavy atom. The standard InChI is InChI=1S/C32H29N3O/c1-21-10-7-8-13-24(21)30(36)23-16-17-28-27(18-23)25-14-9-15-26-29(25)35(28)20-32(31(26)33,34(2)3)19-22-11-5-4-6-12-22/h4-18,33H,19-20H2,1-3H3. The average Bonchev–Trinajstić information content (AvgIpc) is 3.21. The molecule has 0 radical (unpaired) electrons. The minimum absolute atomic E-state index is 0.0429. The second-order valence-corrected chi connectivity index (χ2v) is 10.1. The molecule has 4 heteroatoms. The SMILES string of the molecule is Cc1ccccc1C(=O)c1ccc2c(c1)c1cccc3c1n2CC(Cc1ccccc1)(N(C)C)C3=N. The molecule has 1 aliphatic rings. The van der Waals surface area contributed by atoms with Gasteiger partial charge < -0.3 is 9.98 Å². The van der Waals surface area contributed by atoms with Gasteiger partial charge in [-0.05, 0) is 56.8 Å². The quantitative estimate of drug-likeness (QED) is 0.308. The lowest BCUT2D eigenvalue weighted by atomic mass is 9.79. The van der Waals surface area contributed by atoms with Gasteiger partial charge in [-0.15, -0.1) is 0 Å². The highest BCUT2D eigenvalue weighted by molar-refractivity contribution is 6.22. The van der Waals surface area contributed by atoms with Gasteiger partial charge in [-0.3, -0.25) is 9.69 Å². The fourth-order valence-electron chi connectivity index (χ4n) is 5.84. The minimum Gasteiger partial charge on any atom is -0.338 e. The second kappa shape index (κ2) is 8.28. The highest BCUT2D eigenvalue weighted by Crippen LogP contribution is 2.40. The maximum atomic E-state index is 13.4. The fraction of sp³-hybridized carbons (Fsp3) is 0.188. The second-order valence-electron chi connectivity index (χ2n) is 10.1. The molecular formula is C32H29N3O. The van der Waals surface area contributed by atoms with Crippen LogP contribution < -0.4 is 0 Å². The molecule has 1 atom stereocenters. The van der Waals surface area contributed by atoms with Gasteiger partial charge in [0.15, 0.2) is 5.78 Å². The number of para-hydroxylation sites is 1. The molecular weight excluding hydrogens is 442 g/mol. The summed E-state index contributed by atoms with van der Waals surface area (Å²) in [7, 11) is 4.15. The molecule has 0 aliphatic carbocycles. The minimum atomic E-state index is -0.482. The van der Waals surface area contributed by atoms with E-state index in [9.17, 15) is 10.2 Å². The number of likely N-dealkylation sites (N-methyl/N-ethyl adjacent to an activating group) is 1. The number of carbonyl (C=O) groups is 1. The third kappa shape index (κ3) is 3.25. The van der Waals surface area contributed by atoms with E-state index < -0.39 is 5.54 Å². The fourth-order valence-corrected chi connectivity index (χ4v) is 5.84. The van der Waals surface area contributed by atoms with E-state index in [4.69, 9.17) is 0 Å². The molecule has 0 fully saturated rings. The Hall–Kier alpha value is -4.02. The Labute approximate surface area is 211 Å². The van der Waals surface area contributed by atoms with E-state index in [1.54, 1.807) is 0 Å². The van der Waals surface area contributed by atoms with E-state index in [0.29, 0.717) is 17.8 Å². The van der Waals surface area contributed by atoms with Crippen molar-refractivity contribution in [2.75, 3.05) is 14.1 Å². The molecule has 0 saturated carbocycles. The molecule has 4 nitrogen and oxygen atoms in total. The summed E-state index contributed by atoms with van der Waals surface area (Å²) in [5, 5.41) is 11.6.